The second-order valence-electron chi connectivity index (χ2n) is 8.57. The Morgan fingerprint density at radius 1 is 1.03 bits per heavy atom. The molecule has 2 aliphatic heterocycles. The minimum Gasteiger partial charge on any atom is -0.496 e. The number of esters is 1. The standard InChI is InChI=1S/C25H31N3O5/c1-32-21-16-22(29)27-15-14-26(17-18-8-4-3-5-9-18)13-11-19(27)23(21)24(30)28-12-7-6-10-20(28)25(31)33-2/h3-5,8-9,16,20H,6-7,10-15,17H2,1-2H3/t20-/m1/s1. The number of piperidine rings is 1. The van der Waals surface area contributed by atoms with Gasteiger partial charge in [-0.15, -0.1) is 0 Å². The summed E-state index contributed by atoms with van der Waals surface area (Å²) >= 11 is 0. The van der Waals surface area contributed by atoms with Gasteiger partial charge in [0.2, 0.25) is 0 Å². The van der Waals surface area contributed by atoms with Crippen molar-refractivity contribution in [2.75, 3.05) is 33.9 Å². The number of ether oxygens (including phenoxy) is 2. The van der Waals surface area contributed by atoms with Gasteiger partial charge in [-0.05, 0) is 24.8 Å². The fourth-order valence-corrected chi connectivity index (χ4v) is 4.88. The zero-order chi connectivity index (χ0) is 23.4. The van der Waals surface area contributed by atoms with Gasteiger partial charge in [0.25, 0.3) is 11.5 Å². The molecule has 0 aliphatic carbocycles. The molecule has 1 aromatic heterocycles. The molecule has 33 heavy (non-hydrogen) atoms. The van der Waals surface area contributed by atoms with Crippen LogP contribution in [-0.2, 0) is 29.0 Å². The molecule has 0 unspecified atom stereocenters. The zero-order valence-electron chi connectivity index (χ0n) is 19.3. The highest BCUT2D eigenvalue weighted by Crippen LogP contribution is 2.28. The van der Waals surface area contributed by atoms with Gasteiger partial charge in [-0.3, -0.25) is 14.5 Å². The first-order valence-corrected chi connectivity index (χ1v) is 11.5. The average Bonchev–Trinajstić information content (AvgIpc) is 3.06. The minimum absolute atomic E-state index is 0.178. The minimum atomic E-state index is -0.617. The number of carbonyl (C=O) groups is 2. The van der Waals surface area contributed by atoms with Gasteiger partial charge in [0.15, 0.2) is 0 Å². The summed E-state index contributed by atoms with van der Waals surface area (Å²) in [5.74, 6) is -0.417. The van der Waals surface area contributed by atoms with Crippen LogP contribution in [0.3, 0.4) is 0 Å². The molecular weight excluding hydrogens is 422 g/mol. The smallest absolute Gasteiger partial charge is 0.328 e. The molecule has 1 atom stereocenters. The van der Waals surface area contributed by atoms with E-state index in [4.69, 9.17) is 9.47 Å². The molecule has 1 aromatic carbocycles. The summed E-state index contributed by atoms with van der Waals surface area (Å²) in [5, 5.41) is 0. The quantitative estimate of drug-likeness (QED) is 0.645. The Hall–Kier alpha value is -3.13. The molecule has 2 aliphatic rings. The van der Waals surface area contributed by atoms with Gasteiger partial charge in [-0.25, -0.2) is 4.79 Å². The van der Waals surface area contributed by atoms with Gasteiger partial charge in [0.1, 0.15) is 17.4 Å². The molecule has 0 spiro atoms. The number of rotatable bonds is 5. The lowest BCUT2D eigenvalue weighted by Crippen LogP contribution is -2.49. The molecule has 2 aromatic rings. The van der Waals surface area contributed by atoms with E-state index in [9.17, 15) is 14.4 Å². The first-order chi connectivity index (χ1) is 16.0. The van der Waals surface area contributed by atoms with Crippen molar-refractivity contribution in [2.45, 2.75) is 44.8 Å². The van der Waals surface area contributed by atoms with Crippen LogP contribution in [0.5, 0.6) is 5.75 Å². The highest BCUT2D eigenvalue weighted by atomic mass is 16.5. The van der Waals surface area contributed by atoms with Crippen molar-refractivity contribution in [1.29, 1.82) is 0 Å². The Kier molecular flexibility index (Phi) is 7.13. The number of nitrogens with zero attached hydrogens (tertiary/aromatic N) is 3. The molecule has 1 fully saturated rings. The molecule has 0 bridgehead atoms. The van der Waals surface area contributed by atoms with E-state index in [0.717, 1.165) is 19.4 Å². The SMILES string of the molecule is COC(=O)[C@H]1CCCCN1C(=O)c1c(OC)cc(=O)n2c1CCN(Cc1ccccc1)CC2. The number of amides is 1. The Bertz CT molecular complexity index is 1070. The third-order valence-electron chi connectivity index (χ3n) is 6.61. The molecule has 0 saturated carbocycles. The van der Waals surface area contributed by atoms with Crippen LogP contribution in [0.25, 0.3) is 0 Å². The van der Waals surface area contributed by atoms with Crippen molar-refractivity contribution in [3.05, 3.63) is 63.6 Å². The molecule has 0 radical (unpaired) electrons. The molecule has 0 N–H and O–H groups in total. The van der Waals surface area contributed by atoms with Crippen molar-refractivity contribution in [3.8, 4) is 5.75 Å². The van der Waals surface area contributed by atoms with Crippen LogP contribution in [0, 0.1) is 0 Å². The summed E-state index contributed by atoms with van der Waals surface area (Å²) in [5.41, 5.74) is 2.09. The molecule has 4 rings (SSSR count). The number of methoxy groups -OCH3 is 2. The Balaban J connectivity index is 1.67. The highest BCUT2D eigenvalue weighted by molar-refractivity contribution is 6.00. The lowest BCUT2D eigenvalue weighted by Gasteiger charge is -2.34. The first kappa shape index (κ1) is 23.0. The van der Waals surface area contributed by atoms with Crippen molar-refractivity contribution in [2.24, 2.45) is 0 Å². The summed E-state index contributed by atoms with van der Waals surface area (Å²) in [7, 11) is 2.81. The first-order valence-electron chi connectivity index (χ1n) is 11.5. The van der Waals surface area contributed by atoms with Gasteiger partial charge in [-0.2, -0.15) is 0 Å². The van der Waals surface area contributed by atoms with E-state index >= 15 is 0 Å². The maximum Gasteiger partial charge on any atom is 0.328 e. The second-order valence-corrected chi connectivity index (χ2v) is 8.57. The van der Waals surface area contributed by atoms with Gasteiger partial charge in [0.05, 0.1) is 14.2 Å². The fraction of sp³-hybridized carbons (Fsp3) is 0.480. The van der Waals surface area contributed by atoms with Crippen molar-refractivity contribution in [1.82, 2.24) is 14.4 Å². The summed E-state index contributed by atoms with van der Waals surface area (Å²) in [6.45, 7) is 3.16. The normalized spacial score (nSPS) is 18.8. The van der Waals surface area contributed by atoms with Gasteiger partial charge in [-0.1, -0.05) is 30.3 Å². The molecule has 8 heteroatoms. The van der Waals surface area contributed by atoms with Gasteiger partial charge < -0.3 is 18.9 Å². The monoisotopic (exact) mass is 453 g/mol. The van der Waals surface area contributed by atoms with E-state index < -0.39 is 12.0 Å². The van der Waals surface area contributed by atoms with Crippen molar-refractivity contribution in [3.63, 3.8) is 0 Å². The van der Waals surface area contributed by atoms with E-state index in [1.165, 1.54) is 25.8 Å². The van der Waals surface area contributed by atoms with Crippen LogP contribution < -0.4 is 10.3 Å². The number of hydrogen-bond acceptors (Lipinski definition) is 6. The molecule has 8 nitrogen and oxygen atoms in total. The van der Waals surface area contributed by atoms with Gasteiger partial charge in [0, 0.05) is 50.9 Å². The van der Waals surface area contributed by atoms with E-state index in [1.54, 1.807) is 9.47 Å². The lowest BCUT2D eigenvalue weighted by molar-refractivity contribution is -0.147. The number of carbonyl (C=O) groups excluding carboxylic acids is 2. The maximum absolute atomic E-state index is 13.8. The summed E-state index contributed by atoms with van der Waals surface area (Å²) < 4.78 is 12.2. The Morgan fingerprint density at radius 3 is 2.55 bits per heavy atom. The topological polar surface area (TPSA) is 81.1 Å². The zero-order valence-corrected chi connectivity index (χ0v) is 19.3. The molecule has 1 amide bonds. The summed E-state index contributed by atoms with van der Waals surface area (Å²) in [4.78, 5) is 42.9. The predicted molar refractivity (Wildman–Crippen MR) is 123 cm³/mol. The van der Waals surface area contributed by atoms with Crippen LogP contribution >= 0.6 is 0 Å². The van der Waals surface area contributed by atoms with Crippen LogP contribution in [0.15, 0.2) is 41.2 Å². The van der Waals surface area contributed by atoms with E-state index in [2.05, 4.69) is 17.0 Å². The third kappa shape index (κ3) is 4.80. The van der Waals surface area contributed by atoms with E-state index in [0.29, 0.717) is 50.3 Å². The third-order valence-corrected chi connectivity index (χ3v) is 6.61. The number of likely N-dealkylation sites (tertiary alicyclic amines) is 1. The van der Waals surface area contributed by atoms with Crippen LogP contribution in [0.1, 0.15) is 40.9 Å². The number of benzene rings is 1. The van der Waals surface area contributed by atoms with Crippen molar-refractivity contribution < 1.29 is 19.1 Å². The molecule has 1 saturated heterocycles. The predicted octanol–water partition coefficient (Wildman–Crippen LogP) is 2.08. The van der Waals surface area contributed by atoms with Crippen LogP contribution in [0.4, 0.5) is 0 Å². The second kappa shape index (κ2) is 10.2. The Labute approximate surface area is 193 Å². The van der Waals surface area contributed by atoms with Gasteiger partial charge >= 0.3 is 5.97 Å². The average molecular weight is 454 g/mol. The largest absolute Gasteiger partial charge is 0.496 e. The molecular formula is C25H31N3O5. The summed E-state index contributed by atoms with van der Waals surface area (Å²) in [6, 6.07) is 11.0. The fourth-order valence-electron chi connectivity index (χ4n) is 4.88. The highest BCUT2D eigenvalue weighted by Gasteiger charge is 2.36. The van der Waals surface area contributed by atoms with Crippen LogP contribution in [0.2, 0.25) is 0 Å². The molecule has 176 valence electrons. The summed E-state index contributed by atoms with van der Waals surface area (Å²) in [6.07, 6.45) is 2.79. The Morgan fingerprint density at radius 2 is 1.82 bits per heavy atom. The van der Waals surface area contributed by atoms with E-state index in [-0.39, 0.29) is 17.2 Å². The van der Waals surface area contributed by atoms with E-state index in [1.807, 2.05) is 18.2 Å². The molecule has 3 heterocycles. The maximum atomic E-state index is 13.8. The number of aromatic nitrogens is 1. The van der Waals surface area contributed by atoms with Crippen molar-refractivity contribution >= 4 is 11.9 Å². The number of pyridine rings is 1. The number of hydrogen-bond donors (Lipinski definition) is 0. The lowest BCUT2D eigenvalue weighted by atomic mass is 9.99. The number of fused-ring (bicyclic) bond motifs is 1. The van der Waals surface area contributed by atoms with Crippen LogP contribution in [-0.4, -0.2) is 66.1 Å².